The molecule has 0 spiro atoms. The number of nitrogens with zero attached hydrogens (tertiary/aromatic N) is 2. The van der Waals surface area contributed by atoms with E-state index in [0.29, 0.717) is 5.92 Å². The molecule has 0 aliphatic carbocycles. The number of hydrogen-bond acceptors (Lipinski definition) is 4. The molecule has 0 aromatic heterocycles. The van der Waals surface area contributed by atoms with Gasteiger partial charge in [-0.05, 0) is 42.7 Å². The molecule has 0 radical (unpaired) electrons. The first-order chi connectivity index (χ1) is 13.2. The lowest BCUT2D eigenvalue weighted by atomic mass is 10.0. The molecule has 6 nitrogen and oxygen atoms in total. The Morgan fingerprint density at radius 1 is 1.00 bits per heavy atom. The van der Waals surface area contributed by atoms with Gasteiger partial charge in [0, 0.05) is 26.2 Å². The quantitative estimate of drug-likeness (QED) is 0.853. The standard InChI is InChI=1S/C21H26N2O4S/c1-15(2)17-5-7-18(8-6-17)28(26,27)23-12-10-22(11-13-23)21(25)19-14-16(3)4-9-20(19)24/h4-9,14-15,24H,10-13H2,1-3H3. The van der Waals surface area contributed by atoms with Gasteiger partial charge in [0.05, 0.1) is 10.5 Å². The summed E-state index contributed by atoms with van der Waals surface area (Å²) in [4.78, 5) is 14.6. The Labute approximate surface area is 166 Å². The molecule has 1 N–H and O–H groups in total. The monoisotopic (exact) mass is 402 g/mol. The maximum Gasteiger partial charge on any atom is 0.257 e. The van der Waals surface area contributed by atoms with E-state index in [-0.39, 0.29) is 48.3 Å². The van der Waals surface area contributed by atoms with Gasteiger partial charge in [0.1, 0.15) is 5.75 Å². The van der Waals surface area contributed by atoms with Crippen molar-refractivity contribution in [1.29, 1.82) is 0 Å². The normalized spacial score (nSPS) is 15.8. The van der Waals surface area contributed by atoms with Crippen molar-refractivity contribution in [3.63, 3.8) is 0 Å². The van der Waals surface area contributed by atoms with Crippen LogP contribution in [0.25, 0.3) is 0 Å². The first-order valence-electron chi connectivity index (χ1n) is 9.39. The third-order valence-electron chi connectivity index (χ3n) is 5.09. The van der Waals surface area contributed by atoms with Crippen molar-refractivity contribution in [2.45, 2.75) is 31.6 Å². The Hall–Kier alpha value is -2.38. The zero-order valence-electron chi connectivity index (χ0n) is 16.4. The second kappa shape index (κ2) is 7.93. The second-order valence-corrected chi connectivity index (χ2v) is 9.38. The molecule has 0 unspecified atom stereocenters. The fourth-order valence-corrected chi connectivity index (χ4v) is 4.72. The van der Waals surface area contributed by atoms with Crippen molar-refractivity contribution in [2.24, 2.45) is 0 Å². The molecular weight excluding hydrogens is 376 g/mol. The van der Waals surface area contributed by atoms with Crippen LogP contribution >= 0.6 is 0 Å². The summed E-state index contributed by atoms with van der Waals surface area (Å²) in [6.07, 6.45) is 0. The van der Waals surface area contributed by atoms with Crippen molar-refractivity contribution >= 4 is 15.9 Å². The maximum atomic E-state index is 12.9. The van der Waals surface area contributed by atoms with E-state index in [1.54, 1.807) is 29.2 Å². The van der Waals surface area contributed by atoms with E-state index >= 15 is 0 Å². The first kappa shape index (κ1) is 20.4. The van der Waals surface area contributed by atoms with E-state index in [0.717, 1.165) is 11.1 Å². The Balaban J connectivity index is 1.70. The van der Waals surface area contributed by atoms with Crippen molar-refractivity contribution in [1.82, 2.24) is 9.21 Å². The minimum atomic E-state index is -3.59. The predicted molar refractivity (Wildman–Crippen MR) is 108 cm³/mol. The van der Waals surface area contributed by atoms with Gasteiger partial charge >= 0.3 is 0 Å². The maximum absolute atomic E-state index is 12.9. The Morgan fingerprint density at radius 2 is 1.61 bits per heavy atom. The van der Waals surface area contributed by atoms with Crippen LogP contribution in [0.2, 0.25) is 0 Å². The molecular formula is C21H26N2O4S. The number of phenols is 1. The molecule has 150 valence electrons. The minimum Gasteiger partial charge on any atom is -0.507 e. The molecule has 3 rings (SSSR count). The number of carbonyl (C=O) groups is 1. The zero-order chi connectivity index (χ0) is 20.5. The summed E-state index contributed by atoms with van der Waals surface area (Å²) in [6.45, 7) is 7.01. The molecule has 7 heteroatoms. The molecule has 28 heavy (non-hydrogen) atoms. The third kappa shape index (κ3) is 4.05. The van der Waals surface area contributed by atoms with Crippen LogP contribution in [0, 0.1) is 6.92 Å². The molecule has 1 saturated heterocycles. The molecule has 2 aromatic rings. The van der Waals surface area contributed by atoms with Crippen LogP contribution in [0.3, 0.4) is 0 Å². The van der Waals surface area contributed by atoms with Crippen molar-refractivity contribution in [3.05, 3.63) is 59.2 Å². The van der Waals surface area contributed by atoms with Gasteiger partial charge in [-0.3, -0.25) is 4.79 Å². The number of sulfonamides is 1. The number of rotatable bonds is 4. The average molecular weight is 403 g/mol. The highest BCUT2D eigenvalue weighted by molar-refractivity contribution is 7.89. The van der Waals surface area contributed by atoms with E-state index in [1.165, 1.54) is 10.4 Å². The van der Waals surface area contributed by atoms with Gasteiger partial charge in [0.15, 0.2) is 0 Å². The number of amides is 1. The number of piperazine rings is 1. The number of aryl methyl sites for hydroxylation is 1. The summed E-state index contributed by atoms with van der Waals surface area (Å²) in [5.41, 5.74) is 2.22. The molecule has 2 aromatic carbocycles. The number of carbonyl (C=O) groups excluding carboxylic acids is 1. The van der Waals surface area contributed by atoms with E-state index in [9.17, 15) is 18.3 Å². The van der Waals surface area contributed by atoms with Gasteiger partial charge in [-0.2, -0.15) is 4.31 Å². The van der Waals surface area contributed by atoms with Gasteiger partial charge in [0.25, 0.3) is 5.91 Å². The summed E-state index contributed by atoms with van der Waals surface area (Å²) >= 11 is 0. The number of phenolic OH excluding ortho intramolecular Hbond substituents is 1. The largest absolute Gasteiger partial charge is 0.507 e. The lowest BCUT2D eigenvalue weighted by molar-refractivity contribution is 0.0694. The molecule has 0 atom stereocenters. The van der Waals surface area contributed by atoms with E-state index in [4.69, 9.17) is 0 Å². The van der Waals surface area contributed by atoms with E-state index < -0.39 is 10.0 Å². The molecule has 1 fully saturated rings. The summed E-state index contributed by atoms with van der Waals surface area (Å²) < 4.78 is 27.2. The second-order valence-electron chi connectivity index (χ2n) is 7.44. The van der Waals surface area contributed by atoms with Crippen LogP contribution in [-0.4, -0.2) is 54.8 Å². The smallest absolute Gasteiger partial charge is 0.257 e. The topological polar surface area (TPSA) is 77.9 Å². The van der Waals surface area contributed by atoms with Crippen LogP contribution in [0.5, 0.6) is 5.75 Å². The summed E-state index contributed by atoms with van der Waals surface area (Å²) in [6, 6.07) is 11.9. The van der Waals surface area contributed by atoms with Gasteiger partial charge in [-0.25, -0.2) is 8.42 Å². The highest BCUT2D eigenvalue weighted by Gasteiger charge is 2.31. The molecule has 0 saturated carbocycles. The molecule has 1 aliphatic rings. The zero-order valence-corrected chi connectivity index (χ0v) is 17.2. The van der Waals surface area contributed by atoms with Gasteiger partial charge in [-0.15, -0.1) is 0 Å². The van der Waals surface area contributed by atoms with Gasteiger partial charge in [-0.1, -0.05) is 37.6 Å². The van der Waals surface area contributed by atoms with Crippen LogP contribution in [0.1, 0.15) is 41.3 Å². The molecule has 1 aliphatic heterocycles. The third-order valence-corrected chi connectivity index (χ3v) is 7.01. The lowest BCUT2D eigenvalue weighted by Gasteiger charge is -2.34. The minimum absolute atomic E-state index is 0.0594. The number of aromatic hydroxyl groups is 1. The van der Waals surface area contributed by atoms with Crippen LogP contribution < -0.4 is 0 Å². The lowest BCUT2D eigenvalue weighted by Crippen LogP contribution is -2.50. The highest BCUT2D eigenvalue weighted by Crippen LogP contribution is 2.24. The van der Waals surface area contributed by atoms with Crippen molar-refractivity contribution in [3.8, 4) is 5.75 Å². The number of hydrogen-bond donors (Lipinski definition) is 1. The van der Waals surface area contributed by atoms with Crippen LogP contribution in [0.4, 0.5) is 0 Å². The average Bonchev–Trinajstić information content (AvgIpc) is 2.69. The van der Waals surface area contributed by atoms with Gasteiger partial charge < -0.3 is 10.0 Å². The predicted octanol–water partition coefficient (Wildman–Crippen LogP) is 2.97. The fourth-order valence-electron chi connectivity index (χ4n) is 3.30. The summed E-state index contributed by atoms with van der Waals surface area (Å²) in [7, 11) is -3.59. The number of benzene rings is 2. The van der Waals surface area contributed by atoms with Gasteiger partial charge in [0.2, 0.25) is 10.0 Å². The summed E-state index contributed by atoms with van der Waals surface area (Å²) in [5.74, 6) is -0.000205. The Kier molecular flexibility index (Phi) is 5.76. The van der Waals surface area contributed by atoms with Crippen LogP contribution in [0.15, 0.2) is 47.4 Å². The Morgan fingerprint density at radius 3 is 2.18 bits per heavy atom. The van der Waals surface area contributed by atoms with Crippen molar-refractivity contribution < 1.29 is 18.3 Å². The summed E-state index contributed by atoms with van der Waals surface area (Å²) in [5, 5.41) is 9.97. The molecule has 1 heterocycles. The molecule has 0 bridgehead atoms. The molecule has 1 amide bonds. The first-order valence-corrected chi connectivity index (χ1v) is 10.8. The van der Waals surface area contributed by atoms with Crippen LogP contribution in [-0.2, 0) is 10.0 Å². The fraction of sp³-hybridized carbons (Fsp3) is 0.381. The van der Waals surface area contributed by atoms with E-state index in [2.05, 4.69) is 13.8 Å². The Bertz CT molecular complexity index is 960. The highest BCUT2D eigenvalue weighted by atomic mass is 32.2. The van der Waals surface area contributed by atoms with Crippen molar-refractivity contribution in [2.75, 3.05) is 26.2 Å². The SMILES string of the molecule is Cc1ccc(O)c(C(=O)N2CCN(S(=O)(=O)c3ccc(C(C)C)cc3)CC2)c1. The van der Waals surface area contributed by atoms with E-state index in [1.807, 2.05) is 19.1 Å².